The van der Waals surface area contributed by atoms with Gasteiger partial charge >= 0.3 is 7.12 Å². The number of benzene rings is 3. The third kappa shape index (κ3) is 3.90. The van der Waals surface area contributed by atoms with E-state index < -0.39 is 44.7 Å². The Morgan fingerprint density at radius 1 is 0.562 bits per heavy atom. The molecule has 4 rings (SSSR count). The molecule has 0 aromatic heterocycles. The van der Waals surface area contributed by atoms with Crippen LogP contribution in [0.15, 0.2) is 84.9 Å². The van der Waals surface area contributed by atoms with Crippen LogP contribution in [0.25, 0.3) is 0 Å². The monoisotopic (exact) mass is 432 g/mol. The van der Waals surface area contributed by atoms with E-state index in [9.17, 15) is 20.4 Å². The maximum absolute atomic E-state index is 9.86. The Hall–Kier alpha value is -2.45. The predicted octanol–water partition coefficient (Wildman–Crippen LogP) is -1.61. The minimum absolute atomic E-state index is 0.0415. The number of aliphatic hydroxyl groups is 4. The zero-order valence-electron chi connectivity index (χ0n) is 17.7. The maximum Gasteiger partial charge on any atom is 0.495 e. The van der Waals surface area contributed by atoms with Gasteiger partial charge in [0.25, 0.3) is 0 Å². The molecule has 164 valence electrons. The summed E-state index contributed by atoms with van der Waals surface area (Å²) >= 11 is 0. The third-order valence-corrected chi connectivity index (χ3v) is 6.33. The van der Waals surface area contributed by atoms with Gasteiger partial charge in [-0.05, 0) is 5.46 Å². The number of hydrogen-bond acceptors (Lipinski definition) is 6. The normalized spacial score (nSPS) is 16.8. The van der Waals surface area contributed by atoms with E-state index in [1.54, 1.807) is 0 Å². The fraction of sp³-hybridized carbons (Fsp3) is 0.250. The summed E-state index contributed by atoms with van der Waals surface area (Å²) in [6.45, 7) is -2.39. The molecule has 0 aliphatic carbocycles. The molecular formula is C24H26B2O6. The highest BCUT2D eigenvalue weighted by atomic mass is 16.7. The highest BCUT2D eigenvalue weighted by Gasteiger charge is 2.62. The van der Waals surface area contributed by atoms with Crippen molar-refractivity contribution in [2.24, 2.45) is 0 Å². The lowest BCUT2D eigenvalue weighted by molar-refractivity contribution is -0.147. The average Bonchev–Trinajstić information content (AvgIpc) is 3.21. The smallest absolute Gasteiger partial charge is 0.394 e. The zero-order valence-corrected chi connectivity index (χ0v) is 17.7. The minimum Gasteiger partial charge on any atom is -0.394 e. The van der Waals surface area contributed by atoms with Gasteiger partial charge in [-0.2, -0.15) is 0 Å². The molecule has 0 unspecified atom stereocenters. The second-order valence-corrected chi connectivity index (χ2v) is 8.11. The first kappa shape index (κ1) is 22.7. The number of rotatable bonds is 8. The Balaban J connectivity index is 1.66. The third-order valence-electron chi connectivity index (χ3n) is 6.33. The van der Waals surface area contributed by atoms with E-state index in [0.717, 1.165) is 5.46 Å². The SMILES string of the molecule is OCC1(CO)OB(c2ccc(B(c3ccccc3)c3ccccc3)cc2)OC1(CO)CO. The van der Waals surface area contributed by atoms with Gasteiger partial charge in [0.2, 0.25) is 6.71 Å². The van der Waals surface area contributed by atoms with Crippen molar-refractivity contribution in [1.82, 2.24) is 0 Å². The summed E-state index contributed by atoms with van der Waals surface area (Å²) in [5, 5.41) is 39.4. The molecule has 3 aromatic carbocycles. The molecule has 1 aliphatic heterocycles. The largest absolute Gasteiger partial charge is 0.495 e. The minimum atomic E-state index is -1.61. The summed E-state index contributed by atoms with van der Waals surface area (Å²) in [5.41, 5.74) is 0.837. The van der Waals surface area contributed by atoms with Crippen LogP contribution < -0.4 is 21.9 Å². The van der Waals surface area contributed by atoms with Crippen molar-refractivity contribution in [1.29, 1.82) is 0 Å². The second-order valence-electron chi connectivity index (χ2n) is 8.11. The average molecular weight is 432 g/mol. The topological polar surface area (TPSA) is 99.4 Å². The standard InChI is InChI=1S/C24H26B2O6/c27-15-23(16-28)24(17-29,18-30)32-26(31-23)22-13-11-21(12-14-22)25(19-7-3-1-4-8-19)20-9-5-2-6-10-20/h1-14,27-30H,15-18H2. The van der Waals surface area contributed by atoms with Crippen LogP contribution >= 0.6 is 0 Å². The molecule has 1 saturated heterocycles. The van der Waals surface area contributed by atoms with Crippen molar-refractivity contribution in [2.45, 2.75) is 11.2 Å². The second kappa shape index (κ2) is 9.58. The van der Waals surface area contributed by atoms with Gasteiger partial charge in [0.1, 0.15) is 11.2 Å². The Morgan fingerprint density at radius 3 is 1.31 bits per heavy atom. The fourth-order valence-corrected chi connectivity index (χ4v) is 4.32. The van der Waals surface area contributed by atoms with Gasteiger partial charge in [-0.3, -0.25) is 0 Å². The molecular weight excluding hydrogens is 406 g/mol. The molecule has 0 saturated carbocycles. The van der Waals surface area contributed by atoms with Crippen molar-refractivity contribution >= 4 is 35.7 Å². The summed E-state index contributed by atoms with van der Waals surface area (Å²) in [4.78, 5) is 0. The van der Waals surface area contributed by atoms with Crippen LogP contribution in [-0.2, 0) is 9.31 Å². The molecule has 0 bridgehead atoms. The Kier molecular flexibility index (Phi) is 6.81. The van der Waals surface area contributed by atoms with Crippen molar-refractivity contribution in [3.8, 4) is 0 Å². The van der Waals surface area contributed by atoms with Crippen LogP contribution in [0.2, 0.25) is 0 Å². The highest BCUT2D eigenvalue weighted by Crippen LogP contribution is 2.37. The summed E-state index contributed by atoms with van der Waals surface area (Å²) in [6, 6.07) is 28.2. The Labute approximate surface area is 188 Å². The fourth-order valence-electron chi connectivity index (χ4n) is 4.32. The van der Waals surface area contributed by atoms with E-state index in [2.05, 4.69) is 24.3 Å². The van der Waals surface area contributed by atoms with Crippen LogP contribution in [0, 0.1) is 0 Å². The van der Waals surface area contributed by atoms with Crippen LogP contribution in [0.5, 0.6) is 0 Å². The first-order valence-corrected chi connectivity index (χ1v) is 10.6. The lowest BCUT2D eigenvalue weighted by Crippen LogP contribution is -2.61. The summed E-state index contributed by atoms with van der Waals surface area (Å²) < 4.78 is 11.7. The molecule has 0 amide bonds. The molecule has 8 heteroatoms. The van der Waals surface area contributed by atoms with Crippen molar-refractivity contribution < 1.29 is 29.7 Å². The van der Waals surface area contributed by atoms with Crippen molar-refractivity contribution in [2.75, 3.05) is 26.4 Å². The molecule has 0 atom stereocenters. The van der Waals surface area contributed by atoms with Gasteiger partial charge in [0.05, 0.1) is 26.4 Å². The molecule has 3 aromatic rings. The van der Waals surface area contributed by atoms with Crippen LogP contribution in [0.1, 0.15) is 0 Å². The van der Waals surface area contributed by atoms with Gasteiger partial charge in [-0.15, -0.1) is 0 Å². The zero-order chi connectivity index (χ0) is 22.6. The van der Waals surface area contributed by atoms with Crippen molar-refractivity contribution in [3.63, 3.8) is 0 Å². The Morgan fingerprint density at radius 2 is 0.938 bits per heavy atom. The highest BCUT2D eigenvalue weighted by molar-refractivity contribution is 6.95. The van der Waals surface area contributed by atoms with E-state index in [0.29, 0.717) is 5.46 Å². The van der Waals surface area contributed by atoms with Crippen LogP contribution in [-0.4, -0.2) is 71.9 Å². The molecule has 32 heavy (non-hydrogen) atoms. The van der Waals surface area contributed by atoms with E-state index in [4.69, 9.17) is 9.31 Å². The van der Waals surface area contributed by atoms with E-state index >= 15 is 0 Å². The predicted molar refractivity (Wildman–Crippen MR) is 125 cm³/mol. The van der Waals surface area contributed by atoms with E-state index in [1.165, 1.54) is 10.9 Å². The molecule has 1 heterocycles. The van der Waals surface area contributed by atoms with Crippen molar-refractivity contribution in [3.05, 3.63) is 84.9 Å². The molecule has 0 spiro atoms. The van der Waals surface area contributed by atoms with Gasteiger partial charge in [-0.25, -0.2) is 0 Å². The summed E-state index contributed by atoms with van der Waals surface area (Å²) in [7, 11) is -0.949. The summed E-state index contributed by atoms with van der Waals surface area (Å²) in [5.74, 6) is 0. The first-order valence-electron chi connectivity index (χ1n) is 10.6. The summed E-state index contributed by atoms with van der Waals surface area (Å²) in [6.07, 6.45) is 0. The quantitative estimate of drug-likeness (QED) is 0.320. The van der Waals surface area contributed by atoms with E-state index in [-0.39, 0.29) is 6.71 Å². The Bertz CT molecular complexity index is 933. The van der Waals surface area contributed by atoms with Crippen LogP contribution in [0.3, 0.4) is 0 Å². The maximum atomic E-state index is 9.86. The number of hydrogen-bond donors (Lipinski definition) is 4. The lowest BCUT2D eigenvalue weighted by atomic mass is 9.37. The molecule has 0 radical (unpaired) electrons. The number of aliphatic hydroxyl groups excluding tert-OH is 4. The van der Waals surface area contributed by atoms with E-state index in [1.807, 2.05) is 60.7 Å². The van der Waals surface area contributed by atoms with Gasteiger partial charge in [0.15, 0.2) is 0 Å². The van der Waals surface area contributed by atoms with Gasteiger partial charge in [0, 0.05) is 0 Å². The molecule has 6 nitrogen and oxygen atoms in total. The lowest BCUT2D eigenvalue weighted by Gasteiger charge is -2.39. The molecule has 1 fully saturated rings. The molecule has 1 aliphatic rings. The van der Waals surface area contributed by atoms with Gasteiger partial charge in [-0.1, -0.05) is 101 Å². The van der Waals surface area contributed by atoms with Gasteiger partial charge < -0.3 is 29.7 Å². The van der Waals surface area contributed by atoms with Crippen LogP contribution in [0.4, 0.5) is 0 Å². The first-order chi connectivity index (χ1) is 15.6. The molecule has 4 N–H and O–H groups in total.